The summed E-state index contributed by atoms with van der Waals surface area (Å²) in [6.45, 7) is 0. The van der Waals surface area contributed by atoms with Crippen LogP contribution in [-0.2, 0) is 4.74 Å². The molecule has 16 heavy (non-hydrogen) atoms. The molecular formula is C9H5BrN2O4. The Morgan fingerprint density at radius 3 is 2.69 bits per heavy atom. The highest BCUT2D eigenvalue weighted by atomic mass is 79.9. The Labute approximate surface area is 98.7 Å². The maximum Gasteiger partial charge on any atom is 0.346 e. The van der Waals surface area contributed by atoms with E-state index in [9.17, 15) is 14.9 Å². The Morgan fingerprint density at radius 1 is 1.62 bits per heavy atom. The second-order valence-electron chi connectivity index (χ2n) is 2.68. The highest BCUT2D eigenvalue weighted by molar-refractivity contribution is 9.10. The largest absolute Gasteiger partial charge is 0.465 e. The monoisotopic (exact) mass is 284 g/mol. The Morgan fingerprint density at radius 2 is 2.25 bits per heavy atom. The Bertz CT molecular complexity index is 507. The fourth-order valence-electron chi connectivity index (χ4n) is 1.14. The third kappa shape index (κ3) is 2.01. The molecule has 0 atom stereocenters. The predicted octanol–water partition coefficient (Wildman–Crippen LogP) is 2.02. The summed E-state index contributed by atoms with van der Waals surface area (Å²) in [6.07, 6.45) is 0. The minimum Gasteiger partial charge on any atom is -0.465 e. The summed E-state index contributed by atoms with van der Waals surface area (Å²) in [5, 5.41) is 19.5. The summed E-state index contributed by atoms with van der Waals surface area (Å²) >= 11 is 3.04. The van der Waals surface area contributed by atoms with E-state index in [2.05, 4.69) is 20.7 Å². The lowest BCUT2D eigenvalue weighted by atomic mass is 10.1. The summed E-state index contributed by atoms with van der Waals surface area (Å²) in [4.78, 5) is 21.3. The van der Waals surface area contributed by atoms with Gasteiger partial charge in [0, 0.05) is 10.5 Å². The third-order valence-corrected chi connectivity index (χ3v) is 2.49. The van der Waals surface area contributed by atoms with Crippen LogP contribution in [0.25, 0.3) is 0 Å². The van der Waals surface area contributed by atoms with Crippen LogP contribution in [-0.4, -0.2) is 18.0 Å². The highest BCUT2D eigenvalue weighted by Gasteiger charge is 2.26. The first-order valence-corrected chi connectivity index (χ1v) is 4.77. The second-order valence-corrected chi connectivity index (χ2v) is 3.53. The smallest absolute Gasteiger partial charge is 0.346 e. The van der Waals surface area contributed by atoms with E-state index in [0.29, 0.717) is 4.47 Å². The van der Waals surface area contributed by atoms with E-state index >= 15 is 0 Å². The average Bonchev–Trinajstić information content (AvgIpc) is 2.27. The molecular weight excluding hydrogens is 280 g/mol. The third-order valence-electron chi connectivity index (χ3n) is 1.83. The van der Waals surface area contributed by atoms with Crippen LogP contribution in [0.5, 0.6) is 0 Å². The van der Waals surface area contributed by atoms with Crippen molar-refractivity contribution in [1.29, 1.82) is 5.26 Å². The van der Waals surface area contributed by atoms with Gasteiger partial charge in [-0.1, -0.05) is 0 Å². The van der Waals surface area contributed by atoms with Crippen LogP contribution in [0, 0.1) is 21.4 Å². The number of nitrogens with zero attached hydrogens (tertiary/aromatic N) is 2. The van der Waals surface area contributed by atoms with Gasteiger partial charge >= 0.3 is 5.97 Å². The number of nitro benzene ring substituents is 1. The minimum absolute atomic E-state index is 0.110. The van der Waals surface area contributed by atoms with Crippen LogP contribution in [0.15, 0.2) is 16.6 Å². The quantitative estimate of drug-likeness (QED) is 0.470. The Hall–Kier alpha value is -1.94. The highest BCUT2D eigenvalue weighted by Crippen LogP contribution is 2.28. The molecule has 0 saturated heterocycles. The molecule has 0 radical (unpaired) electrons. The predicted molar refractivity (Wildman–Crippen MR) is 56.9 cm³/mol. The summed E-state index contributed by atoms with van der Waals surface area (Å²) in [5.41, 5.74) is -0.906. The van der Waals surface area contributed by atoms with Crippen LogP contribution in [0.4, 0.5) is 5.69 Å². The van der Waals surface area contributed by atoms with Crippen LogP contribution >= 0.6 is 15.9 Å². The first kappa shape index (κ1) is 12.1. The van der Waals surface area contributed by atoms with Crippen molar-refractivity contribution in [2.45, 2.75) is 0 Å². The zero-order valence-electron chi connectivity index (χ0n) is 8.06. The van der Waals surface area contributed by atoms with Crippen molar-refractivity contribution in [3.8, 4) is 6.07 Å². The lowest BCUT2D eigenvalue weighted by Crippen LogP contribution is -2.08. The number of rotatable bonds is 2. The van der Waals surface area contributed by atoms with Gasteiger partial charge in [0.05, 0.1) is 17.6 Å². The molecule has 1 aromatic carbocycles. The van der Waals surface area contributed by atoms with Gasteiger partial charge in [0.25, 0.3) is 5.69 Å². The van der Waals surface area contributed by atoms with Gasteiger partial charge in [-0.2, -0.15) is 5.26 Å². The van der Waals surface area contributed by atoms with E-state index in [-0.39, 0.29) is 11.1 Å². The number of esters is 1. The minimum atomic E-state index is -0.912. The van der Waals surface area contributed by atoms with E-state index in [1.165, 1.54) is 6.07 Å². The van der Waals surface area contributed by atoms with Crippen molar-refractivity contribution in [2.24, 2.45) is 0 Å². The number of hydrogen-bond donors (Lipinski definition) is 0. The number of methoxy groups -OCH3 is 1. The number of carbonyl (C=O) groups is 1. The van der Waals surface area contributed by atoms with E-state index in [1.807, 2.05) is 0 Å². The number of benzene rings is 1. The first-order chi connectivity index (χ1) is 7.52. The van der Waals surface area contributed by atoms with Crippen LogP contribution in [0.1, 0.15) is 15.9 Å². The number of ether oxygens (including phenoxy) is 1. The maximum absolute atomic E-state index is 11.4. The zero-order chi connectivity index (χ0) is 12.3. The molecule has 0 aliphatic carbocycles. The molecule has 0 fully saturated rings. The SMILES string of the molecule is COC(=O)c1c([N+](=O)[O-])ccc(Br)c1C#N. The van der Waals surface area contributed by atoms with Crippen molar-refractivity contribution < 1.29 is 14.5 Å². The van der Waals surface area contributed by atoms with Gasteiger partial charge in [0.15, 0.2) is 5.56 Å². The molecule has 0 N–H and O–H groups in total. The molecule has 0 aliphatic rings. The molecule has 0 amide bonds. The van der Waals surface area contributed by atoms with Crippen LogP contribution < -0.4 is 0 Å². The molecule has 6 nitrogen and oxygen atoms in total. The lowest BCUT2D eigenvalue weighted by Gasteiger charge is -2.04. The number of nitriles is 1. The molecule has 0 bridgehead atoms. The Balaban J connectivity index is 3.62. The molecule has 82 valence electrons. The van der Waals surface area contributed by atoms with Gasteiger partial charge in [-0.05, 0) is 22.0 Å². The van der Waals surface area contributed by atoms with Gasteiger partial charge in [-0.25, -0.2) is 4.79 Å². The summed E-state index contributed by atoms with van der Waals surface area (Å²) < 4.78 is 4.72. The molecule has 0 spiro atoms. The first-order valence-electron chi connectivity index (χ1n) is 3.98. The van der Waals surface area contributed by atoms with E-state index < -0.39 is 16.6 Å². The molecule has 0 unspecified atom stereocenters. The maximum atomic E-state index is 11.4. The van der Waals surface area contributed by atoms with Crippen molar-refractivity contribution in [2.75, 3.05) is 7.11 Å². The summed E-state index contributed by atoms with van der Waals surface area (Å²) in [5.74, 6) is -0.912. The fraction of sp³-hybridized carbons (Fsp3) is 0.111. The molecule has 1 aromatic rings. The van der Waals surface area contributed by atoms with Crippen molar-refractivity contribution in [1.82, 2.24) is 0 Å². The van der Waals surface area contributed by atoms with Crippen molar-refractivity contribution >= 4 is 27.6 Å². The van der Waals surface area contributed by atoms with Crippen molar-refractivity contribution in [3.05, 3.63) is 37.8 Å². The normalized spacial score (nSPS) is 9.31. The van der Waals surface area contributed by atoms with E-state index in [0.717, 1.165) is 13.2 Å². The van der Waals surface area contributed by atoms with Crippen LogP contribution in [0.2, 0.25) is 0 Å². The molecule has 1 rings (SSSR count). The average molecular weight is 285 g/mol. The number of halogens is 1. The number of carbonyl (C=O) groups excluding carboxylic acids is 1. The van der Waals surface area contributed by atoms with Crippen LogP contribution in [0.3, 0.4) is 0 Å². The standard InChI is InChI=1S/C9H5BrN2O4/c1-16-9(13)8-5(4-11)6(10)2-3-7(8)12(14)15/h2-3H,1H3. The molecule has 7 heteroatoms. The molecule has 0 aliphatic heterocycles. The van der Waals surface area contributed by atoms with E-state index in [4.69, 9.17) is 5.26 Å². The lowest BCUT2D eigenvalue weighted by molar-refractivity contribution is -0.385. The van der Waals surface area contributed by atoms with Gasteiger partial charge in [0.2, 0.25) is 0 Å². The topological polar surface area (TPSA) is 93.2 Å². The zero-order valence-corrected chi connectivity index (χ0v) is 9.65. The van der Waals surface area contributed by atoms with Crippen molar-refractivity contribution in [3.63, 3.8) is 0 Å². The fourth-order valence-corrected chi connectivity index (χ4v) is 1.56. The number of hydrogen-bond acceptors (Lipinski definition) is 5. The van der Waals surface area contributed by atoms with Gasteiger partial charge in [-0.15, -0.1) is 0 Å². The molecule has 0 aromatic heterocycles. The van der Waals surface area contributed by atoms with Gasteiger partial charge in [-0.3, -0.25) is 10.1 Å². The Kier molecular flexibility index (Phi) is 3.58. The van der Waals surface area contributed by atoms with Gasteiger partial charge in [0.1, 0.15) is 6.07 Å². The summed E-state index contributed by atoms with van der Waals surface area (Å²) in [6, 6.07) is 4.19. The molecule has 0 heterocycles. The summed E-state index contributed by atoms with van der Waals surface area (Å²) in [7, 11) is 1.09. The molecule has 0 saturated carbocycles. The van der Waals surface area contributed by atoms with Gasteiger partial charge < -0.3 is 4.74 Å². The van der Waals surface area contributed by atoms with E-state index in [1.54, 1.807) is 6.07 Å². The number of nitro groups is 1. The second kappa shape index (κ2) is 4.72.